The van der Waals surface area contributed by atoms with E-state index in [1.807, 2.05) is 32.0 Å². The van der Waals surface area contributed by atoms with E-state index in [0.717, 1.165) is 16.9 Å². The van der Waals surface area contributed by atoms with Crippen molar-refractivity contribution in [3.05, 3.63) is 29.3 Å². The molecule has 0 saturated carbocycles. The summed E-state index contributed by atoms with van der Waals surface area (Å²) in [4.78, 5) is 11.1. The van der Waals surface area contributed by atoms with Crippen LogP contribution in [0.15, 0.2) is 18.2 Å². The van der Waals surface area contributed by atoms with Crippen molar-refractivity contribution in [2.24, 2.45) is 5.73 Å². The van der Waals surface area contributed by atoms with Crippen LogP contribution >= 0.6 is 0 Å². The van der Waals surface area contributed by atoms with E-state index in [1.165, 1.54) is 0 Å². The quantitative estimate of drug-likeness (QED) is 0.728. The lowest BCUT2D eigenvalue weighted by molar-refractivity contribution is -0.120. The van der Waals surface area contributed by atoms with Gasteiger partial charge in [0.2, 0.25) is 5.91 Å². The second-order valence-electron chi connectivity index (χ2n) is 3.96. The molecule has 0 aromatic heterocycles. The Morgan fingerprint density at radius 1 is 1.35 bits per heavy atom. The second-order valence-corrected chi connectivity index (χ2v) is 3.96. The highest BCUT2D eigenvalue weighted by Crippen LogP contribution is 2.21. The lowest BCUT2D eigenvalue weighted by atomic mass is 10.1. The van der Waals surface area contributed by atoms with Crippen LogP contribution in [0.25, 0.3) is 0 Å². The van der Waals surface area contributed by atoms with Crippen LogP contribution < -0.4 is 15.8 Å². The van der Waals surface area contributed by atoms with E-state index < -0.39 is 0 Å². The number of nitrogens with two attached hydrogens (primary N) is 1. The lowest BCUT2D eigenvalue weighted by Crippen LogP contribution is -2.29. The Morgan fingerprint density at radius 3 is 2.59 bits per heavy atom. The van der Waals surface area contributed by atoms with Crippen molar-refractivity contribution in [3.8, 4) is 5.75 Å². The predicted molar refractivity (Wildman–Crippen MR) is 68.1 cm³/mol. The SMILES string of the molecule is Cc1cccc(C)c1OCCNC(=O)CCN. The van der Waals surface area contributed by atoms with Gasteiger partial charge in [0, 0.05) is 13.0 Å². The molecule has 1 aromatic carbocycles. The summed E-state index contributed by atoms with van der Waals surface area (Å²) in [6.07, 6.45) is 0.364. The van der Waals surface area contributed by atoms with Gasteiger partial charge < -0.3 is 15.8 Å². The third-order valence-electron chi connectivity index (χ3n) is 2.45. The highest BCUT2D eigenvalue weighted by molar-refractivity contribution is 5.75. The molecule has 0 aliphatic heterocycles. The summed E-state index contributed by atoms with van der Waals surface area (Å²) in [7, 11) is 0. The first-order valence-corrected chi connectivity index (χ1v) is 5.81. The van der Waals surface area contributed by atoms with E-state index in [1.54, 1.807) is 0 Å². The molecule has 94 valence electrons. The first-order chi connectivity index (χ1) is 8.15. The van der Waals surface area contributed by atoms with Gasteiger partial charge in [-0.2, -0.15) is 0 Å². The number of hydrogen-bond donors (Lipinski definition) is 2. The Hall–Kier alpha value is -1.55. The zero-order valence-electron chi connectivity index (χ0n) is 10.5. The molecule has 0 atom stereocenters. The Morgan fingerprint density at radius 2 is 2.00 bits per heavy atom. The van der Waals surface area contributed by atoms with E-state index in [0.29, 0.717) is 26.1 Å². The van der Waals surface area contributed by atoms with E-state index >= 15 is 0 Å². The normalized spacial score (nSPS) is 10.1. The van der Waals surface area contributed by atoms with Crippen LogP contribution in [0.1, 0.15) is 17.5 Å². The zero-order valence-corrected chi connectivity index (χ0v) is 10.5. The average molecular weight is 236 g/mol. The summed E-state index contributed by atoms with van der Waals surface area (Å²) in [5, 5.41) is 2.75. The number of para-hydroxylation sites is 1. The molecule has 0 radical (unpaired) electrons. The number of benzene rings is 1. The Balaban J connectivity index is 2.34. The minimum atomic E-state index is -0.0300. The van der Waals surface area contributed by atoms with Crippen molar-refractivity contribution in [1.29, 1.82) is 0 Å². The van der Waals surface area contributed by atoms with Crippen molar-refractivity contribution in [2.75, 3.05) is 19.7 Å². The van der Waals surface area contributed by atoms with Gasteiger partial charge in [-0.25, -0.2) is 0 Å². The maximum Gasteiger partial charge on any atom is 0.221 e. The van der Waals surface area contributed by atoms with Crippen molar-refractivity contribution in [3.63, 3.8) is 0 Å². The second kappa shape index (κ2) is 6.91. The molecule has 0 heterocycles. The third-order valence-corrected chi connectivity index (χ3v) is 2.45. The monoisotopic (exact) mass is 236 g/mol. The van der Waals surface area contributed by atoms with Crippen molar-refractivity contribution in [2.45, 2.75) is 20.3 Å². The van der Waals surface area contributed by atoms with Crippen LogP contribution in [0.3, 0.4) is 0 Å². The fourth-order valence-electron chi connectivity index (χ4n) is 1.59. The summed E-state index contributed by atoms with van der Waals surface area (Å²) < 4.78 is 5.65. The molecular formula is C13H20N2O2. The van der Waals surface area contributed by atoms with Crippen LogP contribution in [0.5, 0.6) is 5.75 Å². The minimum Gasteiger partial charge on any atom is -0.491 e. The van der Waals surface area contributed by atoms with Crippen LogP contribution in [0.4, 0.5) is 0 Å². The first kappa shape index (κ1) is 13.5. The molecule has 0 spiro atoms. The number of nitrogens with one attached hydrogen (secondary N) is 1. The minimum absolute atomic E-state index is 0.0300. The molecule has 4 heteroatoms. The molecule has 3 N–H and O–H groups in total. The van der Waals surface area contributed by atoms with Gasteiger partial charge in [-0.3, -0.25) is 4.79 Å². The summed E-state index contributed by atoms with van der Waals surface area (Å²) >= 11 is 0. The maximum absolute atomic E-state index is 11.1. The molecule has 4 nitrogen and oxygen atoms in total. The molecule has 0 aliphatic rings. The number of carbonyl (C=O) groups is 1. The van der Waals surface area contributed by atoms with Gasteiger partial charge in [0.15, 0.2) is 0 Å². The van der Waals surface area contributed by atoms with Gasteiger partial charge in [0.25, 0.3) is 0 Å². The van der Waals surface area contributed by atoms with Crippen LogP contribution in [0, 0.1) is 13.8 Å². The number of amides is 1. The van der Waals surface area contributed by atoms with Gasteiger partial charge in [0.1, 0.15) is 12.4 Å². The molecule has 17 heavy (non-hydrogen) atoms. The predicted octanol–water partition coefficient (Wildman–Crippen LogP) is 1.15. The lowest BCUT2D eigenvalue weighted by Gasteiger charge is -2.12. The topological polar surface area (TPSA) is 64.3 Å². The van der Waals surface area contributed by atoms with Crippen molar-refractivity contribution < 1.29 is 9.53 Å². The molecule has 1 rings (SSSR count). The standard InChI is InChI=1S/C13H20N2O2/c1-10-4-3-5-11(2)13(10)17-9-8-15-12(16)6-7-14/h3-5H,6-9,14H2,1-2H3,(H,15,16). The molecule has 0 bridgehead atoms. The highest BCUT2D eigenvalue weighted by atomic mass is 16.5. The number of aryl methyl sites for hydroxylation is 2. The average Bonchev–Trinajstić information content (AvgIpc) is 2.28. The Kier molecular flexibility index (Phi) is 5.49. The maximum atomic E-state index is 11.1. The molecular weight excluding hydrogens is 216 g/mol. The van der Waals surface area contributed by atoms with Gasteiger partial charge >= 0.3 is 0 Å². The number of hydrogen-bond acceptors (Lipinski definition) is 3. The molecule has 0 fully saturated rings. The smallest absolute Gasteiger partial charge is 0.221 e. The van der Waals surface area contributed by atoms with Crippen molar-refractivity contribution in [1.82, 2.24) is 5.32 Å². The number of rotatable bonds is 6. The van der Waals surface area contributed by atoms with Gasteiger partial charge in [-0.15, -0.1) is 0 Å². The highest BCUT2D eigenvalue weighted by Gasteiger charge is 2.03. The molecule has 0 aliphatic carbocycles. The molecule has 1 amide bonds. The number of carbonyl (C=O) groups excluding carboxylic acids is 1. The van der Waals surface area contributed by atoms with Crippen LogP contribution in [0.2, 0.25) is 0 Å². The summed E-state index contributed by atoms with van der Waals surface area (Å²) in [5.74, 6) is 0.873. The number of ether oxygens (including phenoxy) is 1. The van der Waals surface area contributed by atoms with Crippen molar-refractivity contribution >= 4 is 5.91 Å². The summed E-state index contributed by atoms with van der Waals surface area (Å²) in [6.45, 7) is 5.38. The Labute approximate surface area is 102 Å². The van der Waals surface area contributed by atoms with Crippen LogP contribution in [-0.4, -0.2) is 25.6 Å². The van der Waals surface area contributed by atoms with Crippen LogP contribution in [-0.2, 0) is 4.79 Å². The van der Waals surface area contributed by atoms with E-state index in [9.17, 15) is 4.79 Å². The van der Waals surface area contributed by atoms with E-state index in [2.05, 4.69) is 5.32 Å². The van der Waals surface area contributed by atoms with E-state index in [4.69, 9.17) is 10.5 Å². The zero-order chi connectivity index (χ0) is 12.7. The Bertz CT molecular complexity index is 357. The van der Waals surface area contributed by atoms with Gasteiger partial charge in [0.05, 0.1) is 6.54 Å². The first-order valence-electron chi connectivity index (χ1n) is 5.81. The summed E-state index contributed by atoms with van der Waals surface area (Å²) in [5.41, 5.74) is 7.49. The van der Waals surface area contributed by atoms with E-state index in [-0.39, 0.29) is 5.91 Å². The fraction of sp³-hybridized carbons (Fsp3) is 0.462. The molecule has 1 aromatic rings. The fourth-order valence-corrected chi connectivity index (χ4v) is 1.59. The van der Waals surface area contributed by atoms with Gasteiger partial charge in [-0.1, -0.05) is 18.2 Å². The summed E-state index contributed by atoms with van der Waals surface area (Å²) in [6, 6.07) is 6.02. The molecule has 0 saturated heterocycles. The largest absolute Gasteiger partial charge is 0.491 e. The van der Waals surface area contributed by atoms with Gasteiger partial charge in [-0.05, 0) is 25.0 Å². The molecule has 0 unspecified atom stereocenters. The third kappa shape index (κ3) is 4.44.